The van der Waals surface area contributed by atoms with Gasteiger partial charge < -0.3 is 16.0 Å². The fourth-order valence-electron chi connectivity index (χ4n) is 3.45. The van der Waals surface area contributed by atoms with E-state index in [2.05, 4.69) is 12.2 Å². The first-order valence-electron chi connectivity index (χ1n) is 7.49. The SMILES string of the molecule is CC1CC(CN)CN1C(=O)C1CC(=O)Nc2ccccc21.Cl. The van der Waals surface area contributed by atoms with Gasteiger partial charge in [0, 0.05) is 24.7 Å². The Morgan fingerprint density at radius 2 is 2.14 bits per heavy atom. The lowest BCUT2D eigenvalue weighted by atomic mass is 9.89. The molecule has 0 radical (unpaired) electrons. The van der Waals surface area contributed by atoms with Gasteiger partial charge in [0.05, 0.1) is 5.92 Å². The number of hydrogen-bond acceptors (Lipinski definition) is 3. The van der Waals surface area contributed by atoms with E-state index < -0.39 is 0 Å². The van der Waals surface area contributed by atoms with Crippen molar-refractivity contribution < 1.29 is 9.59 Å². The molecule has 2 heterocycles. The second kappa shape index (κ2) is 6.67. The third kappa shape index (κ3) is 2.96. The summed E-state index contributed by atoms with van der Waals surface area (Å²) in [7, 11) is 0. The lowest BCUT2D eigenvalue weighted by Crippen LogP contribution is -2.40. The molecule has 0 bridgehead atoms. The number of amides is 2. The third-order valence-electron chi connectivity index (χ3n) is 4.58. The van der Waals surface area contributed by atoms with E-state index in [-0.39, 0.29) is 42.6 Å². The molecule has 2 aliphatic heterocycles. The molecule has 0 aliphatic carbocycles. The predicted molar refractivity (Wildman–Crippen MR) is 88.0 cm³/mol. The first-order chi connectivity index (χ1) is 10.1. The van der Waals surface area contributed by atoms with Gasteiger partial charge in [-0.2, -0.15) is 0 Å². The van der Waals surface area contributed by atoms with E-state index in [0.717, 1.165) is 17.7 Å². The fraction of sp³-hybridized carbons (Fsp3) is 0.500. The highest BCUT2D eigenvalue weighted by atomic mass is 35.5. The largest absolute Gasteiger partial charge is 0.339 e. The summed E-state index contributed by atoms with van der Waals surface area (Å²) in [6.45, 7) is 3.37. The van der Waals surface area contributed by atoms with Crippen LogP contribution in [0.3, 0.4) is 0 Å². The standard InChI is InChI=1S/C16H21N3O2.ClH/c1-10-6-11(8-17)9-19(10)16(21)13-7-15(20)18-14-5-3-2-4-12(13)14;/h2-5,10-11,13H,6-9,17H2,1H3,(H,18,20);1H. The van der Waals surface area contributed by atoms with Crippen molar-refractivity contribution in [2.45, 2.75) is 31.7 Å². The van der Waals surface area contributed by atoms with E-state index >= 15 is 0 Å². The highest BCUT2D eigenvalue weighted by Gasteiger charge is 2.38. The number of anilines is 1. The monoisotopic (exact) mass is 323 g/mol. The molecule has 5 nitrogen and oxygen atoms in total. The maximum atomic E-state index is 12.9. The summed E-state index contributed by atoms with van der Waals surface area (Å²) >= 11 is 0. The van der Waals surface area contributed by atoms with Crippen LogP contribution in [-0.2, 0) is 9.59 Å². The summed E-state index contributed by atoms with van der Waals surface area (Å²) in [5.74, 6) is -0.0273. The van der Waals surface area contributed by atoms with Gasteiger partial charge in [0.25, 0.3) is 0 Å². The molecule has 0 aromatic heterocycles. The van der Waals surface area contributed by atoms with Crippen LogP contribution in [-0.4, -0.2) is 35.8 Å². The van der Waals surface area contributed by atoms with Crippen molar-refractivity contribution in [3.8, 4) is 0 Å². The molecule has 3 rings (SSSR count). The zero-order chi connectivity index (χ0) is 15.0. The summed E-state index contributed by atoms with van der Waals surface area (Å²) in [5.41, 5.74) is 7.41. The number of nitrogens with two attached hydrogens (primary N) is 1. The second-order valence-electron chi connectivity index (χ2n) is 6.07. The minimum Gasteiger partial charge on any atom is -0.339 e. The number of carbonyl (C=O) groups excluding carboxylic acids is 2. The molecule has 1 saturated heterocycles. The van der Waals surface area contributed by atoms with Gasteiger partial charge in [-0.1, -0.05) is 18.2 Å². The average Bonchev–Trinajstić information content (AvgIpc) is 2.86. The third-order valence-corrected chi connectivity index (χ3v) is 4.58. The molecule has 22 heavy (non-hydrogen) atoms. The van der Waals surface area contributed by atoms with E-state index in [9.17, 15) is 9.59 Å². The summed E-state index contributed by atoms with van der Waals surface area (Å²) < 4.78 is 0. The first kappa shape index (κ1) is 16.8. The Kier molecular flexibility index (Phi) is 5.08. The average molecular weight is 324 g/mol. The Morgan fingerprint density at radius 1 is 1.41 bits per heavy atom. The van der Waals surface area contributed by atoms with Gasteiger partial charge in [0.15, 0.2) is 0 Å². The summed E-state index contributed by atoms with van der Waals surface area (Å²) in [4.78, 5) is 26.6. The van der Waals surface area contributed by atoms with Crippen molar-refractivity contribution in [3.05, 3.63) is 29.8 Å². The zero-order valence-electron chi connectivity index (χ0n) is 12.6. The molecule has 2 amide bonds. The summed E-state index contributed by atoms with van der Waals surface area (Å²) in [6.07, 6.45) is 1.18. The fourth-order valence-corrected chi connectivity index (χ4v) is 3.45. The number of carbonyl (C=O) groups is 2. The van der Waals surface area contributed by atoms with Crippen molar-refractivity contribution >= 4 is 29.9 Å². The summed E-state index contributed by atoms with van der Waals surface area (Å²) in [5, 5.41) is 2.84. The number of nitrogens with zero attached hydrogens (tertiary/aromatic N) is 1. The van der Waals surface area contributed by atoms with Crippen molar-refractivity contribution in [1.29, 1.82) is 0 Å². The van der Waals surface area contributed by atoms with Crippen LogP contribution < -0.4 is 11.1 Å². The Balaban J connectivity index is 0.00000176. The second-order valence-corrected chi connectivity index (χ2v) is 6.07. The molecule has 6 heteroatoms. The van der Waals surface area contributed by atoms with Gasteiger partial charge >= 0.3 is 0 Å². The van der Waals surface area contributed by atoms with E-state index in [0.29, 0.717) is 19.0 Å². The Hall–Kier alpha value is -1.59. The van der Waals surface area contributed by atoms with Crippen molar-refractivity contribution in [3.63, 3.8) is 0 Å². The molecule has 0 saturated carbocycles. The molecule has 3 N–H and O–H groups in total. The highest BCUT2D eigenvalue weighted by molar-refractivity contribution is 6.01. The van der Waals surface area contributed by atoms with Gasteiger partial charge in [-0.3, -0.25) is 9.59 Å². The molecular weight excluding hydrogens is 302 g/mol. The number of rotatable bonds is 2. The van der Waals surface area contributed by atoms with Crippen LogP contribution in [0, 0.1) is 5.92 Å². The quantitative estimate of drug-likeness (QED) is 0.870. The van der Waals surface area contributed by atoms with Gasteiger partial charge in [-0.15, -0.1) is 12.4 Å². The van der Waals surface area contributed by atoms with Crippen LogP contribution in [0.15, 0.2) is 24.3 Å². The van der Waals surface area contributed by atoms with E-state index in [1.807, 2.05) is 29.2 Å². The van der Waals surface area contributed by atoms with Crippen LogP contribution in [0.4, 0.5) is 5.69 Å². The number of hydrogen-bond donors (Lipinski definition) is 2. The Bertz CT molecular complexity index is 578. The van der Waals surface area contributed by atoms with Gasteiger partial charge in [-0.05, 0) is 37.4 Å². The van der Waals surface area contributed by atoms with E-state index in [4.69, 9.17) is 5.73 Å². The lowest BCUT2D eigenvalue weighted by Gasteiger charge is -2.30. The minimum atomic E-state index is -0.367. The summed E-state index contributed by atoms with van der Waals surface area (Å²) in [6, 6.07) is 7.76. The minimum absolute atomic E-state index is 0. The number of likely N-dealkylation sites (tertiary alicyclic amines) is 1. The molecule has 1 aromatic rings. The number of fused-ring (bicyclic) bond motifs is 1. The molecule has 3 atom stereocenters. The van der Waals surface area contributed by atoms with E-state index in [1.54, 1.807) is 0 Å². The number of para-hydroxylation sites is 1. The van der Waals surface area contributed by atoms with Crippen LogP contribution in [0.25, 0.3) is 0 Å². The molecule has 1 aromatic carbocycles. The maximum Gasteiger partial charge on any atom is 0.230 e. The molecule has 1 fully saturated rings. The zero-order valence-corrected chi connectivity index (χ0v) is 13.4. The van der Waals surface area contributed by atoms with Gasteiger partial charge in [0.1, 0.15) is 0 Å². The van der Waals surface area contributed by atoms with Crippen molar-refractivity contribution in [1.82, 2.24) is 4.90 Å². The van der Waals surface area contributed by atoms with E-state index in [1.165, 1.54) is 0 Å². The highest BCUT2D eigenvalue weighted by Crippen LogP contribution is 2.35. The van der Waals surface area contributed by atoms with Crippen molar-refractivity contribution in [2.24, 2.45) is 11.7 Å². The Morgan fingerprint density at radius 3 is 2.82 bits per heavy atom. The van der Waals surface area contributed by atoms with Crippen LogP contribution in [0.5, 0.6) is 0 Å². The maximum absolute atomic E-state index is 12.9. The number of nitrogens with one attached hydrogen (secondary N) is 1. The number of benzene rings is 1. The molecule has 3 unspecified atom stereocenters. The van der Waals surface area contributed by atoms with Crippen LogP contribution >= 0.6 is 12.4 Å². The predicted octanol–water partition coefficient (Wildman–Crippen LogP) is 1.73. The van der Waals surface area contributed by atoms with Crippen molar-refractivity contribution in [2.75, 3.05) is 18.4 Å². The van der Waals surface area contributed by atoms with Gasteiger partial charge in [-0.25, -0.2) is 0 Å². The molecular formula is C16H22ClN3O2. The van der Waals surface area contributed by atoms with Crippen LogP contribution in [0.2, 0.25) is 0 Å². The molecule has 2 aliphatic rings. The number of halogens is 1. The smallest absolute Gasteiger partial charge is 0.230 e. The molecule has 120 valence electrons. The van der Waals surface area contributed by atoms with Crippen LogP contribution in [0.1, 0.15) is 31.2 Å². The lowest BCUT2D eigenvalue weighted by molar-refractivity contribution is -0.135. The normalized spacial score (nSPS) is 26.9. The molecule has 0 spiro atoms. The Labute approximate surface area is 136 Å². The first-order valence-corrected chi connectivity index (χ1v) is 7.49. The topological polar surface area (TPSA) is 75.4 Å². The van der Waals surface area contributed by atoms with Gasteiger partial charge in [0.2, 0.25) is 11.8 Å².